The lowest BCUT2D eigenvalue weighted by atomic mass is 10.2. The van der Waals surface area contributed by atoms with Crippen LogP contribution in [0.25, 0.3) is 0 Å². The Kier molecular flexibility index (Phi) is 3.97. The SMILES string of the molecule is CC(C)N(C(=O)CCl)c1cccc(O)c1. The average molecular weight is 228 g/mol. The largest absolute Gasteiger partial charge is 0.508 e. The summed E-state index contributed by atoms with van der Waals surface area (Å²) in [4.78, 5) is 13.1. The molecular formula is C11H14ClNO2. The van der Waals surface area contributed by atoms with E-state index < -0.39 is 0 Å². The van der Waals surface area contributed by atoms with Gasteiger partial charge in [-0.15, -0.1) is 11.6 Å². The Bertz CT molecular complexity index is 352. The molecule has 0 unspecified atom stereocenters. The summed E-state index contributed by atoms with van der Waals surface area (Å²) in [5.74, 6) is -0.0915. The predicted octanol–water partition coefficient (Wildman–Crippen LogP) is 2.37. The van der Waals surface area contributed by atoms with Crippen molar-refractivity contribution < 1.29 is 9.90 Å². The number of phenolic OH excluding ortho intramolecular Hbond substituents is 1. The van der Waals surface area contributed by atoms with E-state index in [0.717, 1.165) is 0 Å². The number of hydrogen-bond donors (Lipinski definition) is 1. The number of anilines is 1. The molecule has 0 saturated carbocycles. The molecule has 1 amide bonds. The normalized spacial score (nSPS) is 10.4. The predicted molar refractivity (Wildman–Crippen MR) is 61.4 cm³/mol. The molecule has 0 aromatic heterocycles. The minimum atomic E-state index is -0.169. The summed E-state index contributed by atoms with van der Waals surface area (Å²) in [7, 11) is 0. The number of nitrogens with zero attached hydrogens (tertiary/aromatic N) is 1. The Morgan fingerprint density at radius 2 is 2.20 bits per heavy atom. The molecule has 0 atom stereocenters. The fraction of sp³-hybridized carbons (Fsp3) is 0.364. The van der Waals surface area contributed by atoms with Crippen molar-refractivity contribution in [3.8, 4) is 5.75 Å². The number of alkyl halides is 1. The molecule has 15 heavy (non-hydrogen) atoms. The smallest absolute Gasteiger partial charge is 0.242 e. The van der Waals surface area contributed by atoms with Gasteiger partial charge in [-0.25, -0.2) is 0 Å². The summed E-state index contributed by atoms with van der Waals surface area (Å²) in [6.07, 6.45) is 0. The number of carbonyl (C=O) groups excluding carboxylic acids is 1. The van der Waals surface area contributed by atoms with Crippen LogP contribution >= 0.6 is 11.6 Å². The van der Waals surface area contributed by atoms with Crippen LogP contribution in [0.3, 0.4) is 0 Å². The maximum absolute atomic E-state index is 11.6. The second kappa shape index (κ2) is 5.03. The number of benzene rings is 1. The van der Waals surface area contributed by atoms with Crippen molar-refractivity contribution >= 4 is 23.2 Å². The van der Waals surface area contributed by atoms with Crippen molar-refractivity contribution in [3.63, 3.8) is 0 Å². The Balaban J connectivity index is 3.04. The topological polar surface area (TPSA) is 40.5 Å². The standard InChI is InChI=1S/C11H14ClNO2/c1-8(2)13(11(15)7-12)9-4-3-5-10(14)6-9/h3-6,8,14H,7H2,1-2H3. The maximum Gasteiger partial charge on any atom is 0.242 e. The first-order valence-corrected chi connectivity index (χ1v) is 5.26. The third-order valence-electron chi connectivity index (χ3n) is 2.01. The lowest BCUT2D eigenvalue weighted by Crippen LogP contribution is -2.37. The number of aromatic hydroxyl groups is 1. The third kappa shape index (κ3) is 2.86. The van der Waals surface area contributed by atoms with Gasteiger partial charge in [-0.2, -0.15) is 0 Å². The van der Waals surface area contributed by atoms with Gasteiger partial charge in [-0.3, -0.25) is 4.79 Å². The molecular weight excluding hydrogens is 214 g/mol. The number of carbonyl (C=O) groups is 1. The van der Waals surface area contributed by atoms with Gasteiger partial charge in [0.2, 0.25) is 5.91 Å². The molecule has 1 rings (SSSR count). The van der Waals surface area contributed by atoms with Crippen LogP contribution in [0.15, 0.2) is 24.3 Å². The first-order valence-electron chi connectivity index (χ1n) is 4.73. The molecule has 1 N–H and O–H groups in total. The van der Waals surface area contributed by atoms with Crippen molar-refractivity contribution in [2.24, 2.45) is 0 Å². The number of phenols is 1. The van der Waals surface area contributed by atoms with Gasteiger partial charge in [0.1, 0.15) is 11.6 Å². The molecule has 0 bridgehead atoms. The van der Waals surface area contributed by atoms with Crippen LogP contribution in [0.5, 0.6) is 5.75 Å². The summed E-state index contributed by atoms with van der Waals surface area (Å²) in [5, 5.41) is 9.33. The second-order valence-electron chi connectivity index (χ2n) is 3.51. The highest BCUT2D eigenvalue weighted by Crippen LogP contribution is 2.22. The van der Waals surface area contributed by atoms with Crippen LogP contribution < -0.4 is 4.90 Å². The Morgan fingerprint density at radius 3 is 2.67 bits per heavy atom. The van der Waals surface area contributed by atoms with Crippen molar-refractivity contribution in [1.82, 2.24) is 0 Å². The zero-order valence-corrected chi connectivity index (χ0v) is 9.53. The average Bonchev–Trinajstić information content (AvgIpc) is 2.17. The highest BCUT2D eigenvalue weighted by atomic mass is 35.5. The van der Waals surface area contributed by atoms with Crippen molar-refractivity contribution in [2.45, 2.75) is 19.9 Å². The maximum atomic E-state index is 11.6. The minimum absolute atomic E-state index is 0.0121. The molecule has 4 heteroatoms. The third-order valence-corrected chi connectivity index (χ3v) is 2.24. The van der Waals surface area contributed by atoms with E-state index in [1.807, 2.05) is 13.8 Å². The van der Waals surface area contributed by atoms with Crippen LogP contribution in [-0.2, 0) is 4.79 Å². The zero-order valence-electron chi connectivity index (χ0n) is 8.77. The van der Waals surface area contributed by atoms with Crippen LogP contribution in [0.2, 0.25) is 0 Å². The molecule has 82 valence electrons. The molecule has 0 fully saturated rings. The van der Waals surface area contributed by atoms with Crippen molar-refractivity contribution in [3.05, 3.63) is 24.3 Å². The van der Waals surface area contributed by atoms with E-state index in [1.54, 1.807) is 29.2 Å². The molecule has 0 radical (unpaired) electrons. The van der Waals surface area contributed by atoms with Crippen molar-refractivity contribution in [2.75, 3.05) is 10.8 Å². The summed E-state index contributed by atoms with van der Waals surface area (Å²) in [6, 6.07) is 6.58. The van der Waals surface area contributed by atoms with Crippen LogP contribution in [0.4, 0.5) is 5.69 Å². The summed E-state index contributed by atoms with van der Waals surface area (Å²) in [5.41, 5.74) is 0.663. The molecule has 1 aromatic rings. The first kappa shape index (κ1) is 11.9. The Labute approximate surface area is 94.3 Å². The van der Waals surface area contributed by atoms with E-state index in [-0.39, 0.29) is 23.6 Å². The first-order chi connectivity index (χ1) is 7.06. The monoisotopic (exact) mass is 227 g/mol. The molecule has 3 nitrogen and oxygen atoms in total. The summed E-state index contributed by atoms with van der Waals surface area (Å²) >= 11 is 5.53. The lowest BCUT2D eigenvalue weighted by Gasteiger charge is -2.26. The van der Waals surface area contributed by atoms with Crippen LogP contribution in [0, 0.1) is 0 Å². The van der Waals surface area contributed by atoms with E-state index in [2.05, 4.69) is 0 Å². The number of amides is 1. The Morgan fingerprint density at radius 1 is 1.53 bits per heavy atom. The van der Waals surface area contributed by atoms with Gasteiger partial charge in [0.15, 0.2) is 0 Å². The van der Waals surface area contributed by atoms with Gasteiger partial charge in [0.25, 0.3) is 0 Å². The fourth-order valence-corrected chi connectivity index (χ4v) is 1.57. The molecule has 0 aliphatic heterocycles. The van der Waals surface area contributed by atoms with Gasteiger partial charge in [-0.1, -0.05) is 6.07 Å². The molecule has 0 spiro atoms. The van der Waals surface area contributed by atoms with Gasteiger partial charge < -0.3 is 10.0 Å². The second-order valence-corrected chi connectivity index (χ2v) is 3.78. The van der Waals surface area contributed by atoms with E-state index in [9.17, 15) is 9.90 Å². The quantitative estimate of drug-likeness (QED) is 0.806. The number of rotatable bonds is 3. The summed E-state index contributed by atoms with van der Waals surface area (Å²) in [6.45, 7) is 3.79. The molecule has 1 aromatic carbocycles. The highest BCUT2D eigenvalue weighted by molar-refractivity contribution is 6.29. The highest BCUT2D eigenvalue weighted by Gasteiger charge is 2.17. The number of halogens is 1. The fourth-order valence-electron chi connectivity index (χ4n) is 1.44. The molecule has 0 heterocycles. The Hall–Kier alpha value is -1.22. The van der Waals surface area contributed by atoms with Gasteiger partial charge >= 0.3 is 0 Å². The van der Waals surface area contributed by atoms with Crippen molar-refractivity contribution in [1.29, 1.82) is 0 Å². The molecule has 0 aliphatic rings. The molecule has 0 saturated heterocycles. The van der Waals surface area contributed by atoms with Crippen LogP contribution in [-0.4, -0.2) is 22.9 Å². The van der Waals surface area contributed by atoms with E-state index in [1.165, 1.54) is 0 Å². The van der Waals surface area contributed by atoms with Crippen LogP contribution in [0.1, 0.15) is 13.8 Å². The zero-order chi connectivity index (χ0) is 11.4. The van der Waals surface area contributed by atoms with Gasteiger partial charge in [0.05, 0.1) is 0 Å². The van der Waals surface area contributed by atoms with E-state index in [0.29, 0.717) is 5.69 Å². The van der Waals surface area contributed by atoms with E-state index >= 15 is 0 Å². The number of hydrogen-bond acceptors (Lipinski definition) is 2. The molecule has 0 aliphatic carbocycles. The minimum Gasteiger partial charge on any atom is -0.508 e. The van der Waals surface area contributed by atoms with Gasteiger partial charge in [0, 0.05) is 17.8 Å². The lowest BCUT2D eigenvalue weighted by molar-refractivity contribution is -0.116. The van der Waals surface area contributed by atoms with Gasteiger partial charge in [-0.05, 0) is 26.0 Å². The van der Waals surface area contributed by atoms with E-state index in [4.69, 9.17) is 11.6 Å². The summed E-state index contributed by atoms with van der Waals surface area (Å²) < 4.78 is 0.